The van der Waals surface area contributed by atoms with Crippen LogP contribution in [0, 0.1) is 0 Å². The molecule has 1 heterocycles. The number of carbonyl (C=O) groups excluding carboxylic acids is 1. The molecule has 1 rings (SSSR count). The van der Waals surface area contributed by atoms with Crippen molar-refractivity contribution in [1.29, 1.82) is 0 Å². The molecule has 1 amide bonds. The number of nitrogens with zero attached hydrogens (tertiary/aromatic N) is 1. The van der Waals surface area contributed by atoms with Gasteiger partial charge >= 0.3 is 0 Å². The van der Waals surface area contributed by atoms with Crippen molar-refractivity contribution in [2.24, 2.45) is 11.6 Å². The van der Waals surface area contributed by atoms with Crippen molar-refractivity contribution < 1.29 is 9.53 Å². The lowest BCUT2D eigenvalue weighted by Gasteiger charge is -2.02. The molecule has 0 aliphatic heterocycles. The van der Waals surface area contributed by atoms with Crippen LogP contribution in [-0.4, -0.2) is 17.6 Å². The largest absolute Gasteiger partial charge is 0.462 e. The van der Waals surface area contributed by atoms with E-state index in [-0.39, 0.29) is 12.4 Å². The van der Waals surface area contributed by atoms with Gasteiger partial charge in [-0.1, -0.05) is 6.07 Å². The lowest BCUT2D eigenvalue weighted by atomic mass is 10.3. The summed E-state index contributed by atoms with van der Waals surface area (Å²) < 4.78 is 4.89. The number of nitrogens with two attached hydrogens (primary N) is 2. The van der Waals surface area contributed by atoms with Crippen molar-refractivity contribution >= 4 is 5.91 Å². The van der Waals surface area contributed by atoms with Crippen LogP contribution in [0.15, 0.2) is 18.2 Å². The molecule has 0 unspecified atom stereocenters. The van der Waals surface area contributed by atoms with E-state index in [2.05, 4.69) is 4.98 Å². The molecule has 5 N–H and O–H groups in total. The predicted molar refractivity (Wildman–Crippen MR) is 45.6 cm³/mol. The molecule has 0 radical (unpaired) electrons. The maximum atomic E-state index is 11.0. The zero-order valence-electron chi connectivity index (χ0n) is 6.86. The average molecular weight is 182 g/mol. The number of nitrogens with one attached hydrogen (secondary N) is 1. The summed E-state index contributed by atoms with van der Waals surface area (Å²) in [4.78, 5) is 14.8. The first-order chi connectivity index (χ1) is 6.27. The molecule has 0 saturated heterocycles. The van der Waals surface area contributed by atoms with Crippen molar-refractivity contribution in [3.8, 4) is 5.88 Å². The summed E-state index contributed by atoms with van der Waals surface area (Å²) in [6.45, 7) is 0.0146. The lowest BCUT2D eigenvalue weighted by molar-refractivity contribution is 0.0947. The molecule has 6 nitrogen and oxygen atoms in total. The molecule has 0 aliphatic carbocycles. The average Bonchev–Trinajstić information content (AvgIpc) is 2.18. The maximum absolute atomic E-state index is 11.0. The van der Waals surface area contributed by atoms with Gasteiger partial charge in [-0.3, -0.25) is 16.0 Å². The number of hydrogen-bond donors (Lipinski definition) is 3. The van der Waals surface area contributed by atoms with Crippen LogP contribution in [0.25, 0.3) is 0 Å². The number of pyridine rings is 1. The number of ether oxygens (including phenoxy) is 1. The standard InChI is InChI=1S/C7H10N4O2/c8-4-13-6-3-1-2-5(10-6)7(12)11-9/h1-3H,4,8-9H2,(H,11,12). The fraction of sp³-hybridized carbons (Fsp3) is 0.143. The molecule has 0 spiro atoms. The van der Waals surface area contributed by atoms with Crippen LogP contribution in [0.1, 0.15) is 10.5 Å². The molecule has 0 aliphatic rings. The molecule has 1 aromatic heterocycles. The molecule has 13 heavy (non-hydrogen) atoms. The third-order valence-corrected chi connectivity index (χ3v) is 1.32. The maximum Gasteiger partial charge on any atom is 0.283 e. The topological polar surface area (TPSA) is 103 Å². The van der Waals surface area contributed by atoms with Gasteiger partial charge in [0.2, 0.25) is 5.88 Å². The number of rotatable bonds is 3. The second kappa shape index (κ2) is 4.39. The fourth-order valence-corrected chi connectivity index (χ4v) is 0.781. The first-order valence-electron chi connectivity index (χ1n) is 3.59. The van der Waals surface area contributed by atoms with Crippen molar-refractivity contribution in [2.75, 3.05) is 6.73 Å². The Balaban J connectivity index is 2.85. The summed E-state index contributed by atoms with van der Waals surface area (Å²) in [6, 6.07) is 4.74. The summed E-state index contributed by atoms with van der Waals surface area (Å²) >= 11 is 0. The fourth-order valence-electron chi connectivity index (χ4n) is 0.781. The summed E-state index contributed by atoms with van der Waals surface area (Å²) in [5.41, 5.74) is 7.28. The van der Waals surface area contributed by atoms with E-state index in [4.69, 9.17) is 16.3 Å². The molecule has 0 saturated carbocycles. The normalized spacial score (nSPS) is 9.38. The van der Waals surface area contributed by atoms with E-state index in [1.807, 2.05) is 5.43 Å². The Morgan fingerprint density at radius 3 is 3.00 bits per heavy atom. The minimum atomic E-state index is -0.470. The van der Waals surface area contributed by atoms with Gasteiger partial charge in [0.15, 0.2) is 0 Å². The van der Waals surface area contributed by atoms with E-state index in [1.54, 1.807) is 12.1 Å². The van der Waals surface area contributed by atoms with E-state index in [9.17, 15) is 4.79 Å². The molecule has 0 aromatic carbocycles. The highest BCUT2D eigenvalue weighted by atomic mass is 16.5. The van der Waals surface area contributed by atoms with E-state index < -0.39 is 5.91 Å². The van der Waals surface area contributed by atoms with Crippen molar-refractivity contribution in [2.45, 2.75) is 0 Å². The van der Waals surface area contributed by atoms with Crippen LogP contribution in [0.3, 0.4) is 0 Å². The van der Waals surface area contributed by atoms with Crippen LogP contribution >= 0.6 is 0 Å². The van der Waals surface area contributed by atoms with Gasteiger partial charge in [-0.2, -0.15) is 0 Å². The van der Waals surface area contributed by atoms with Gasteiger partial charge in [0.05, 0.1) is 0 Å². The molecular weight excluding hydrogens is 172 g/mol. The summed E-state index contributed by atoms with van der Waals surface area (Å²) in [7, 11) is 0. The Hall–Kier alpha value is -1.66. The lowest BCUT2D eigenvalue weighted by Crippen LogP contribution is -2.30. The monoisotopic (exact) mass is 182 g/mol. The third-order valence-electron chi connectivity index (χ3n) is 1.32. The molecule has 6 heteroatoms. The van der Waals surface area contributed by atoms with Gasteiger partial charge < -0.3 is 4.74 Å². The Bertz CT molecular complexity index is 302. The van der Waals surface area contributed by atoms with E-state index in [1.165, 1.54) is 6.07 Å². The van der Waals surface area contributed by atoms with Crippen LogP contribution in [0.5, 0.6) is 5.88 Å². The highest BCUT2D eigenvalue weighted by Gasteiger charge is 2.05. The van der Waals surface area contributed by atoms with Crippen molar-refractivity contribution in [3.05, 3.63) is 23.9 Å². The molecule has 70 valence electrons. The number of hydrogen-bond acceptors (Lipinski definition) is 5. The minimum Gasteiger partial charge on any atom is -0.462 e. The van der Waals surface area contributed by atoms with E-state index in [0.717, 1.165) is 0 Å². The van der Waals surface area contributed by atoms with Gasteiger partial charge in [0.1, 0.15) is 12.4 Å². The Labute approximate surface area is 74.9 Å². The first-order valence-corrected chi connectivity index (χ1v) is 3.59. The minimum absolute atomic E-state index is 0.0146. The van der Waals surface area contributed by atoms with Crippen LogP contribution in [-0.2, 0) is 0 Å². The van der Waals surface area contributed by atoms with Gasteiger partial charge in [-0.25, -0.2) is 10.8 Å². The SMILES string of the molecule is NCOc1cccc(C(=O)NN)n1. The highest BCUT2D eigenvalue weighted by molar-refractivity contribution is 5.91. The molecular formula is C7H10N4O2. The molecule has 0 fully saturated rings. The van der Waals surface area contributed by atoms with E-state index in [0.29, 0.717) is 5.88 Å². The Kier molecular flexibility index (Phi) is 3.18. The van der Waals surface area contributed by atoms with Gasteiger partial charge in [-0.15, -0.1) is 0 Å². The smallest absolute Gasteiger partial charge is 0.283 e. The number of amides is 1. The number of aromatic nitrogens is 1. The van der Waals surface area contributed by atoms with Crippen molar-refractivity contribution in [1.82, 2.24) is 10.4 Å². The summed E-state index contributed by atoms with van der Waals surface area (Å²) in [5, 5.41) is 0. The molecule has 0 bridgehead atoms. The summed E-state index contributed by atoms with van der Waals surface area (Å²) in [5.74, 6) is 4.75. The zero-order valence-corrected chi connectivity index (χ0v) is 6.86. The first kappa shape index (κ1) is 9.43. The quantitative estimate of drug-likeness (QED) is 0.240. The second-order valence-electron chi connectivity index (χ2n) is 2.15. The van der Waals surface area contributed by atoms with Crippen LogP contribution < -0.4 is 21.7 Å². The van der Waals surface area contributed by atoms with Crippen molar-refractivity contribution in [3.63, 3.8) is 0 Å². The molecule has 0 atom stereocenters. The molecule has 1 aromatic rings. The van der Waals surface area contributed by atoms with Gasteiger partial charge in [-0.05, 0) is 6.07 Å². The third kappa shape index (κ3) is 2.39. The number of nitrogen functional groups attached to an aromatic ring is 1. The van der Waals surface area contributed by atoms with E-state index >= 15 is 0 Å². The number of carbonyl (C=O) groups is 1. The van der Waals surface area contributed by atoms with Gasteiger partial charge in [0, 0.05) is 6.07 Å². The number of hydrazine groups is 1. The summed E-state index contributed by atoms with van der Waals surface area (Å²) in [6.07, 6.45) is 0. The zero-order chi connectivity index (χ0) is 9.68. The Morgan fingerprint density at radius 1 is 1.62 bits per heavy atom. The van der Waals surface area contributed by atoms with Crippen LogP contribution in [0.4, 0.5) is 0 Å². The predicted octanol–water partition coefficient (Wildman–Crippen LogP) is -1.02. The van der Waals surface area contributed by atoms with Gasteiger partial charge in [0.25, 0.3) is 5.91 Å². The Morgan fingerprint density at radius 2 is 2.38 bits per heavy atom. The second-order valence-corrected chi connectivity index (χ2v) is 2.15. The van der Waals surface area contributed by atoms with Crippen LogP contribution in [0.2, 0.25) is 0 Å². The highest BCUT2D eigenvalue weighted by Crippen LogP contribution is 2.06.